The van der Waals surface area contributed by atoms with Gasteiger partial charge >= 0.3 is 0 Å². The van der Waals surface area contributed by atoms with Gasteiger partial charge in [0.05, 0.1) is 7.11 Å². The number of hydrogen-bond acceptors (Lipinski definition) is 5. The predicted molar refractivity (Wildman–Crippen MR) is 102 cm³/mol. The summed E-state index contributed by atoms with van der Waals surface area (Å²) in [5.41, 5.74) is 2.14. The van der Waals surface area contributed by atoms with Crippen LogP contribution in [-0.2, 0) is 17.8 Å². The van der Waals surface area contributed by atoms with Gasteiger partial charge in [-0.1, -0.05) is 35.6 Å². The number of carbonyl (C=O) groups excluding carboxylic acids is 1. The van der Waals surface area contributed by atoms with E-state index in [0.29, 0.717) is 24.6 Å². The first-order valence-electron chi connectivity index (χ1n) is 8.29. The molecule has 0 fully saturated rings. The molecule has 1 heterocycles. The summed E-state index contributed by atoms with van der Waals surface area (Å²) >= 11 is 1.44. The van der Waals surface area contributed by atoms with E-state index in [9.17, 15) is 4.79 Å². The van der Waals surface area contributed by atoms with Gasteiger partial charge in [0.15, 0.2) is 0 Å². The molecule has 0 aliphatic rings. The van der Waals surface area contributed by atoms with Crippen molar-refractivity contribution < 1.29 is 14.3 Å². The summed E-state index contributed by atoms with van der Waals surface area (Å²) in [6, 6.07) is 15.4. The van der Waals surface area contributed by atoms with Crippen molar-refractivity contribution in [3.8, 4) is 16.7 Å². The predicted octanol–water partition coefficient (Wildman–Crippen LogP) is 4.19. The fourth-order valence-electron chi connectivity index (χ4n) is 2.38. The third-order valence-electron chi connectivity index (χ3n) is 3.83. The lowest BCUT2D eigenvalue weighted by Crippen LogP contribution is -2.22. The van der Waals surface area contributed by atoms with Crippen LogP contribution < -0.4 is 14.8 Å². The lowest BCUT2D eigenvalue weighted by molar-refractivity contribution is -0.121. The number of amides is 1. The van der Waals surface area contributed by atoms with E-state index in [1.165, 1.54) is 11.3 Å². The van der Waals surface area contributed by atoms with Gasteiger partial charge in [-0.2, -0.15) is 0 Å². The summed E-state index contributed by atoms with van der Waals surface area (Å²) in [7, 11) is 1.64. The molecule has 0 spiro atoms. The van der Waals surface area contributed by atoms with Crippen LogP contribution >= 0.6 is 11.3 Å². The highest BCUT2D eigenvalue weighted by Gasteiger charge is 2.04. The average Bonchev–Trinajstić information content (AvgIpc) is 3.19. The zero-order chi connectivity index (χ0) is 18.2. The largest absolute Gasteiger partial charge is 0.497 e. The summed E-state index contributed by atoms with van der Waals surface area (Å²) in [6.45, 7) is 0.499. The molecule has 134 valence electrons. The van der Waals surface area contributed by atoms with Crippen LogP contribution in [0, 0.1) is 0 Å². The SMILES string of the molecule is COc1ccc(CCC(=O)NCc2ccc(Oc3nccs3)cc2)cc1. The normalized spacial score (nSPS) is 10.3. The van der Waals surface area contributed by atoms with Gasteiger partial charge in [-0.25, -0.2) is 4.98 Å². The molecule has 2 aromatic carbocycles. The Bertz CT molecular complexity index is 815. The van der Waals surface area contributed by atoms with Gasteiger partial charge in [0, 0.05) is 24.5 Å². The van der Waals surface area contributed by atoms with Crippen molar-refractivity contribution in [2.45, 2.75) is 19.4 Å². The molecular formula is C20H20N2O3S. The monoisotopic (exact) mass is 368 g/mol. The minimum absolute atomic E-state index is 0.0314. The molecule has 0 unspecified atom stereocenters. The Balaban J connectivity index is 1.42. The summed E-state index contributed by atoms with van der Waals surface area (Å²) in [4.78, 5) is 16.1. The maximum Gasteiger partial charge on any atom is 0.278 e. The first-order chi connectivity index (χ1) is 12.7. The number of aryl methyl sites for hydroxylation is 1. The molecule has 3 aromatic rings. The van der Waals surface area contributed by atoms with Gasteiger partial charge < -0.3 is 14.8 Å². The highest BCUT2D eigenvalue weighted by molar-refractivity contribution is 7.11. The van der Waals surface area contributed by atoms with Crippen LogP contribution in [0.25, 0.3) is 0 Å². The van der Waals surface area contributed by atoms with E-state index in [-0.39, 0.29) is 5.91 Å². The van der Waals surface area contributed by atoms with Crippen molar-refractivity contribution in [1.82, 2.24) is 10.3 Å². The van der Waals surface area contributed by atoms with E-state index >= 15 is 0 Å². The van der Waals surface area contributed by atoms with Crippen molar-refractivity contribution >= 4 is 17.2 Å². The first-order valence-corrected chi connectivity index (χ1v) is 9.17. The van der Waals surface area contributed by atoms with E-state index < -0.39 is 0 Å². The molecule has 1 aromatic heterocycles. The van der Waals surface area contributed by atoms with Crippen molar-refractivity contribution in [3.05, 3.63) is 71.2 Å². The van der Waals surface area contributed by atoms with Crippen LogP contribution in [-0.4, -0.2) is 18.0 Å². The van der Waals surface area contributed by atoms with Crippen LogP contribution in [0.15, 0.2) is 60.1 Å². The minimum Gasteiger partial charge on any atom is -0.497 e. The molecule has 26 heavy (non-hydrogen) atoms. The molecule has 0 bridgehead atoms. The molecule has 6 heteroatoms. The Kier molecular flexibility index (Phi) is 6.22. The van der Waals surface area contributed by atoms with Crippen LogP contribution in [0.3, 0.4) is 0 Å². The highest BCUT2D eigenvalue weighted by Crippen LogP contribution is 2.23. The van der Waals surface area contributed by atoms with Crippen molar-refractivity contribution in [2.24, 2.45) is 0 Å². The summed E-state index contributed by atoms with van der Waals surface area (Å²) in [6.07, 6.45) is 2.86. The van der Waals surface area contributed by atoms with Crippen LogP contribution in [0.2, 0.25) is 0 Å². The van der Waals surface area contributed by atoms with Crippen molar-refractivity contribution in [2.75, 3.05) is 7.11 Å². The Morgan fingerprint density at radius 3 is 2.38 bits per heavy atom. The van der Waals surface area contributed by atoms with E-state index in [0.717, 1.165) is 22.6 Å². The number of benzene rings is 2. The van der Waals surface area contributed by atoms with Crippen LogP contribution in [0.5, 0.6) is 16.7 Å². The summed E-state index contributed by atoms with van der Waals surface area (Å²) in [5, 5.41) is 5.42. The molecular weight excluding hydrogens is 348 g/mol. The molecule has 5 nitrogen and oxygen atoms in total. The van der Waals surface area contributed by atoms with E-state index in [2.05, 4.69) is 10.3 Å². The Hall–Kier alpha value is -2.86. The smallest absolute Gasteiger partial charge is 0.278 e. The van der Waals surface area contributed by atoms with Crippen LogP contribution in [0.4, 0.5) is 0 Å². The number of aromatic nitrogens is 1. The van der Waals surface area contributed by atoms with Gasteiger partial charge in [0.2, 0.25) is 5.91 Å². The van der Waals surface area contributed by atoms with Gasteiger partial charge in [-0.15, -0.1) is 0 Å². The maximum absolute atomic E-state index is 12.0. The second kappa shape index (κ2) is 9.01. The molecule has 3 rings (SSSR count). The van der Waals surface area contributed by atoms with Gasteiger partial charge in [0.25, 0.3) is 5.19 Å². The van der Waals surface area contributed by atoms with E-state index in [4.69, 9.17) is 9.47 Å². The fraction of sp³-hybridized carbons (Fsp3) is 0.200. The summed E-state index contributed by atoms with van der Waals surface area (Å²) < 4.78 is 10.7. The topological polar surface area (TPSA) is 60.5 Å². The standard InChI is InChI=1S/C20H20N2O3S/c1-24-17-7-2-15(3-8-17)6-11-19(23)22-14-16-4-9-18(10-5-16)25-20-21-12-13-26-20/h2-5,7-10,12-13H,6,11,14H2,1H3,(H,22,23). The van der Waals surface area contributed by atoms with E-state index in [1.54, 1.807) is 13.3 Å². The van der Waals surface area contributed by atoms with Gasteiger partial charge in [-0.05, 0) is 41.8 Å². The third kappa shape index (κ3) is 5.32. The van der Waals surface area contributed by atoms with E-state index in [1.807, 2.05) is 53.9 Å². The molecule has 0 aliphatic carbocycles. The number of carbonyl (C=O) groups is 1. The zero-order valence-electron chi connectivity index (χ0n) is 14.5. The Morgan fingerprint density at radius 1 is 1.04 bits per heavy atom. The molecule has 0 atom stereocenters. The molecule has 1 amide bonds. The Labute approximate surface area is 156 Å². The maximum atomic E-state index is 12.0. The van der Waals surface area contributed by atoms with Gasteiger partial charge in [0.1, 0.15) is 11.5 Å². The quantitative estimate of drug-likeness (QED) is 0.647. The fourth-order valence-corrected chi connectivity index (χ4v) is 2.88. The second-order valence-electron chi connectivity index (χ2n) is 5.67. The molecule has 1 N–H and O–H groups in total. The lowest BCUT2D eigenvalue weighted by Gasteiger charge is -2.07. The minimum atomic E-state index is 0.0314. The molecule has 0 aliphatic heterocycles. The third-order valence-corrected chi connectivity index (χ3v) is 4.48. The molecule has 0 saturated carbocycles. The average molecular weight is 368 g/mol. The number of methoxy groups -OCH3 is 1. The van der Waals surface area contributed by atoms with Crippen LogP contribution in [0.1, 0.15) is 17.5 Å². The number of ether oxygens (including phenoxy) is 2. The number of nitrogens with zero attached hydrogens (tertiary/aromatic N) is 1. The Morgan fingerprint density at radius 2 is 1.73 bits per heavy atom. The number of nitrogens with one attached hydrogen (secondary N) is 1. The number of thiazole rings is 1. The lowest BCUT2D eigenvalue weighted by atomic mass is 10.1. The van der Waals surface area contributed by atoms with Crippen molar-refractivity contribution in [1.29, 1.82) is 0 Å². The summed E-state index contributed by atoms with van der Waals surface area (Å²) in [5.74, 6) is 1.58. The first kappa shape index (κ1) is 17.9. The molecule has 0 saturated heterocycles. The molecule has 0 radical (unpaired) electrons. The second-order valence-corrected chi connectivity index (χ2v) is 6.53. The number of hydrogen-bond donors (Lipinski definition) is 1. The number of rotatable bonds is 8. The zero-order valence-corrected chi connectivity index (χ0v) is 15.3. The van der Waals surface area contributed by atoms with Crippen molar-refractivity contribution in [3.63, 3.8) is 0 Å². The highest BCUT2D eigenvalue weighted by atomic mass is 32.1. The van der Waals surface area contributed by atoms with Gasteiger partial charge in [-0.3, -0.25) is 4.79 Å².